The van der Waals surface area contributed by atoms with Crippen LogP contribution < -0.4 is 10.6 Å². The molecule has 0 bridgehead atoms. The number of carboxylic acid groups (broad SMARTS) is 1. The van der Waals surface area contributed by atoms with Gasteiger partial charge in [-0.25, -0.2) is 4.79 Å². The van der Waals surface area contributed by atoms with E-state index < -0.39 is 5.97 Å². The lowest BCUT2D eigenvalue weighted by Gasteiger charge is -2.15. The summed E-state index contributed by atoms with van der Waals surface area (Å²) < 4.78 is 0. The predicted octanol–water partition coefficient (Wildman–Crippen LogP) is 2.76. The quantitative estimate of drug-likeness (QED) is 0.739. The van der Waals surface area contributed by atoms with Crippen LogP contribution in [0.25, 0.3) is 0 Å². The van der Waals surface area contributed by atoms with Crippen molar-refractivity contribution < 1.29 is 14.7 Å². The molecule has 3 N–H and O–H groups in total. The van der Waals surface area contributed by atoms with Crippen LogP contribution in [0.2, 0.25) is 0 Å². The number of carbonyl (C=O) groups excluding carboxylic acids is 1. The van der Waals surface area contributed by atoms with Gasteiger partial charge >= 0.3 is 12.0 Å². The number of para-hydroxylation sites is 1. The van der Waals surface area contributed by atoms with E-state index in [9.17, 15) is 9.59 Å². The number of aryl methyl sites for hydroxylation is 1. The number of urea groups is 1. The van der Waals surface area contributed by atoms with E-state index in [2.05, 4.69) is 10.6 Å². The van der Waals surface area contributed by atoms with Crippen molar-refractivity contribution in [1.82, 2.24) is 5.32 Å². The molecule has 0 radical (unpaired) electrons. The van der Waals surface area contributed by atoms with Gasteiger partial charge in [0.1, 0.15) is 0 Å². The maximum absolute atomic E-state index is 11.7. The molecule has 1 atom stereocenters. The molecule has 0 aliphatic heterocycles. The summed E-state index contributed by atoms with van der Waals surface area (Å²) in [6.07, 6.45) is 1.33. The van der Waals surface area contributed by atoms with Gasteiger partial charge in [0, 0.05) is 18.2 Å². The first kappa shape index (κ1) is 15.0. The molecule has 0 heterocycles. The molecule has 1 aromatic rings. The number of benzene rings is 1. The van der Waals surface area contributed by atoms with Gasteiger partial charge in [0.25, 0.3) is 0 Å². The van der Waals surface area contributed by atoms with Crippen LogP contribution in [0.4, 0.5) is 10.5 Å². The van der Waals surface area contributed by atoms with Crippen LogP contribution in [-0.4, -0.2) is 23.1 Å². The van der Waals surface area contributed by atoms with Crippen molar-refractivity contribution in [2.24, 2.45) is 0 Å². The summed E-state index contributed by atoms with van der Waals surface area (Å²) in [6.45, 7) is 3.78. The molecule has 1 unspecified atom stereocenters. The van der Waals surface area contributed by atoms with Crippen molar-refractivity contribution >= 4 is 17.7 Å². The summed E-state index contributed by atoms with van der Waals surface area (Å²) >= 11 is 0. The first-order valence-electron chi connectivity index (χ1n) is 6.34. The highest BCUT2D eigenvalue weighted by Crippen LogP contribution is 2.12. The molecule has 0 fully saturated rings. The molecule has 0 aliphatic carbocycles. The van der Waals surface area contributed by atoms with Crippen LogP contribution in [0.5, 0.6) is 0 Å². The normalized spacial score (nSPS) is 11.7. The lowest BCUT2D eigenvalue weighted by atomic mass is 10.1. The van der Waals surface area contributed by atoms with E-state index in [1.54, 1.807) is 0 Å². The summed E-state index contributed by atoms with van der Waals surface area (Å²) in [6, 6.07) is 7.21. The minimum atomic E-state index is -0.809. The molecule has 5 heteroatoms. The number of rotatable bonds is 6. The first-order valence-corrected chi connectivity index (χ1v) is 6.34. The Bertz CT molecular complexity index is 446. The van der Waals surface area contributed by atoms with Gasteiger partial charge in [-0.2, -0.15) is 0 Å². The Morgan fingerprint density at radius 2 is 2.00 bits per heavy atom. The highest BCUT2D eigenvalue weighted by atomic mass is 16.4. The van der Waals surface area contributed by atoms with Gasteiger partial charge in [0.05, 0.1) is 0 Å². The monoisotopic (exact) mass is 264 g/mol. The Labute approximate surface area is 113 Å². The fourth-order valence-corrected chi connectivity index (χ4v) is 1.73. The van der Waals surface area contributed by atoms with Crippen molar-refractivity contribution in [3.63, 3.8) is 0 Å². The summed E-state index contributed by atoms with van der Waals surface area (Å²) in [5.74, 6) is -0.809. The Hall–Kier alpha value is -2.04. The highest BCUT2D eigenvalue weighted by molar-refractivity contribution is 5.90. The van der Waals surface area contributed by atoms with Crippen LogP contribution in [0.3, 0.4) is 0 Å². The second kappa shape index (κ2) is 7.41. The number of amides is 2. The Balaban J connectivity index is 2.35. The first-order chi connectivity index (χ1) is 8.99. The van der Waals surface area contributed by atoms with Crippen LogP contribution >= 0.6 is 0 Å². The number of aliphatic carboxylic acids is 1. The van der Waals surface area contributed by atoms with Crippen molar-refractivity contribution in [1.29, 1.82) is 0 Å². The molecule has 0 aliphatic rings. The number of hydrogen-bond donors (Lipinski definition) is 3. The average molecular weight is 264 g/mol. The van der Waals surface area contributed by atoms with Crippen LogP contribution in [-0.2, 0) is 4.79 Å². The van der Waals surface area contributed by atoms with Crippen LogP contribution in [0.1, 0.15) is 31.7 Å². The van der Waals surface area contributed by atoms with Gasteiger partial charge in [-0.3, -0.25) is 4.79 Å². The van der Waals surface area contributed by atoms with E-state index in [4.69, 9.17) is 5.11 Å². The van der Waals surface area contributed by atoms with E-state index >= 15 is 0 Å². The molecule has 1 aromatic carbocycles. The molecular formula is C14H20N2O3. The molecule has 1 rings (SSSR count). The Morgan fingerprint density at radius 1 is 1.32 bits per heavy atom. The van der Waals surface area contributed by atoms with Crippen molar-refractivity contribution in [3.8, 4) is 0 Å². The van der Waals surface area contributed by atoms with Crippen LogP contribution in [0.15, 0.2) is 24.3 Å². The maximum atomic E-state index is 11.7. The van der Waals surface area contributed by atoms with Crippen molar-refractivity contribution in [2.75, 3.05) is 5.32 Å². The fourth-order valence-electron chi connectivity index (χ4n) is 1.73. The summed E-state index contributed by atoms with van der Waals surface area (Å²) in [5, 5.41) is 14.1. The molecule has 104 valence electrons. The SMILES string of the molecule is Cc1ccccc1NC(=O)NC(C)CCCC(=O)O. The van der Waals surface area contributed by atoms with E-state index in [0.717, 1.165) is 11.3 Å². The lowest BCUT2D eigenvalue weighted by molar-refractivity contribution is -0.137. The standard InChI is InChI=1S/C14H20N2O3/c1-10-6-3-4-8-12(10)16-14(19)15-11(2)7-5-9-13(17)18/h3-4,6,8,11H,5,7,9H2,1-2H3,(H,17,18)(H2,15,16,19). The van der Waals surface area contributed by atoms with Crippen LogP contribution in [0, 0.1) is 6.92 Å². The summed E-state index contributed by atoms with van der Waals surface area (Å²) in [4.78, 5) is 22.1. The van der Waals surface area contributed by atoms with Gasteiger partial charge < -0.3 is 15.7 Å². The second-order valence-electron chi connectivity index (χ2n) is 4.60. The van der Waals surface area contributed by atoms with Gasteiger partial charge in [-0.15, -0.1) is 0 Å². The van der Waals surface area contributed by atoms with Gasteiger partial charge in [-0.1, -0.05) is 18.2 Å². The zero-order valence-corrected chi connectivity index (χ0v) is 11.3. The van der Waals surface area contributed by atoms with Crippen molar-refractivity contribution in [2.45, 2.75) is 39.2 Å². The number of carboxylic acids is 1. The molecular weight excluding hydrogens is 244 g/mol. The smallest absolute Gasteiger partial charge is 0.319 e. The lowest BCUT2D eigenvalue weighted by Crippen LogP contribution is -2.36. The Kier molecular flexibility index (Phi) is 5.85. The average Bonchev–Trinajstić information content (AvgIpc) is 2.31. The number of carbonyl (C=O) groups is 2. The molecule has 0 saturated heterocycles. The molecule has 0 spiro atoms. The number of nitrogens with one attached hydrogen (secondary N) is 2. The number of hydrogen-bond acceptors (Lipinski definition) is 2. The molecule has 19 heavy (non-hydrogen) atoms. The second-order valence-corrected chi connectivity index (χ2v) is 4.60. The maximum Gasteiger partial charge on any atom is 0.319 e. The molecule has 0 aromatic heterocycles. The predicted molar refractivity (Wildman–Crippen MR) is 74.3 cm³/mol. The topological polar surface area (TPSA) is 78.4 Å². The van der Waals surface area contributed by atoms with Gasteiger partial charge in [-0.05, 0) is 38.3 Å². The third kappa shape index (κ3) is 5.90. The highest BCUT2D eigenvalue weighted by Gasteiger charge is 2.09. The van der Waals surface area contributed by atoms with Crippen molar-refractivity contribution in [3.05, 3.63) is 29.8 Å². The van der Waals surface area contributed by atoms with E-state index in [1.807, 2.05) is 38.1 Å². The molecule has 5 nitrogen and oxygen atoms in total. The largest absolute Gasteiger partial charge is 0.481 e. The Morgan fingerprint density at radius 3 is 2.63 bits per heavy atom. The third-order valence-electron chi connectivity index (χ3n) is 2.80. The van der Waals surface area contributed by atoms with Gasteiger partial charge in [0.2, 0.25) is 0 Å². The van der Waals surface area contributed by atoms with E-state index in [1.165, 1.54) is 0 Å². The molecule has 0 saturated carbocycles. The fraction of sp³-hybridized carbons (Fsp3) is 0.429. The zero-order valence-electron chi connectivity index (χ0n) is 11.3. The molecule has 2 amide bonds. The van der Waals surface area contributed by atoms with Gasteiger partial charge in [0.15, 0.2) is 0 Å². The summed E-state index contributed by atoms with van der Waals surface area (Å²) in [5.41, 5.74) is 1.77. The summed E-state index contributed by atoms with van der Waals surface area (Å²) in [7, 11) is 0. The van der Waals surface area contributed by atoms with E-state index in [0.29, 0.717) is 12.8 Å². The van der Waals surface area contributed by atoms with E-state index in [-0.39, 0.29) is 18.5 Å². The minimum absolute atomic E-state index is 0.0524. The number of anilines is 1. The minimum Gasteiger partial charge on any atom is -0.481 e. The third-order valence-corrected chi connectivity index (χ3v) is 2.80. The zero-order chi connectivity index (χ0) is 14.3.